The Hall–Kier alpha value is -2.44. The molecular formula is C26H38N4O2. The van der Waals surface area contributed by atoms with E-state index in [-0.39, 0.29) is 34.0 Å². The number of benzene rings is 1. The van der Waals surface area contributed by atoms with Crippen LogP contribution in [-0.2, 0) is 0 Å². The van der Waals surface area contributed by atoms with E-state index in [1.54, 1.807) is 24.3 Å². The second-order valence-electron chi connectivity index (χ2n) is 11.6. The highest BCUT2D eigenvalue weighted by Gasteiger charge is 2.34. The Bertz CT molecular complexity index is 908. The van der Waals surface area contributed by atoms with Gasteiger partial charge in [0.25, 0.3) is 11.8 Å². The van der Waals surface area contributed by atoms with Crippen LogP contribution in [0, 0.1) is 0 Å². The maximum Gasteiger partial charge on any atom is 0.255 e. The van der Waals surface area contributed by atoms with Gasteiger partial charge >= 0.3 is 0 Å². The molecule has 32 heavy (non-hydrogen) atoms. The molecule has 1 aromatic rings. The summed E-state index contributed by atoms with van der Waals surface area (Å²) in [6.07, 6.45) is 5.55. The molecule has 3 rings (SSSR count). The molecular weight excluding hydrogens is 400 g/mol. The molecule has 0 saturated heterocycles. The number of nitrogens with one attached hydrogen (secondary N) is 4. The van der Waals surface area contributed by atoms with Crippen molar-refractivity contribution in [2.24, 2.45) is 0 Å². The van der Waals surface area contributed by atoms with Crippen molar-refractivity contribution in [1.29, 1.82) is 0 Å². The highest BCUT2D eigenvalue weighted by molar-refractivity contribution is 6.00. The van der Waals surface area contributed by atoms with Gasteiger partial charge in [-0.2, -0.15) is 0 Å². The van der Waals surface area contributed by atoms with Crippen molar-refractivity contribution in [2.45, 2.75) is 90.4 Å². The van der Waals surface area contributed by atoms with Gasteiger partial charge < -0.3 is 21.3 Å². The van der Waals surface area contributed by atoms with Crippen LogP contribution in [0.5, 0.6) is 0 Å². The van der Waals surface area contributed by atoms with Crippen LogP contribution < -0.4 is 21.3 Å². The Kier molecular flexibility index (Phi) is 6.17. The monoisotopic (exact) mass is 438 g/mol. The lowest BCUT2D eigenvalue weighted by Crippen LogP contribution is -2.55. The number of carbonyl (C=O) groups excluding carboxylic acids is 2. The summed E-state index contributed by atoms with van der Waals surface area (Å²) in [4.78, 5) is 25.9. The van der Waals surface area contributed by atoms with Gasteiger partial charge in [-0.3, -0.25) is 9.59 Å². The van der Waals surface area contributed by atoms with E-state index in [9.17, 15) is 9.59 Å². The van der Waals surface area contributed by atoms with E-state index in [0.717, 1.165) is 24.2 Å². The molecule has 0 fully saturated rings. The summed E-state index contributed by atoms with van der Waals surface area (Å²) in [7, 11) is 0. The predicted molar refractivity (Wildman–Crippen MR) is 129 cm³/mol. The van der Waals surface area contributed by atoms with Gasteiger partial charge in [-0.25, -0.2) is 0 Å². The van der Waals surface area contributed by atoms with Gasteiger partial charge in [0.2, 0.25) is 0 Å². The van der Waals surface area contributed by atoms with Gasteiger partial charge in [0.1, 0.15) is 0 Å². The fourth-order valence-corrected chi connectivity index (χ4v) is 5.23. The summed E-state index contributed by atoms with van der Waals surface area (Å²) in [5.74, 6) is -0.412. The third-order valence-corrected chi connectivity index (χ3v) is 5.59. The Morgan fingerprint density at radius 2 is 1.09 bits per heavy atom. The molecule has 0 spiro atoms. The molecule has 6 heteroatoms. The molecule has 0 atom stereocenters. The van der Waals surface area contributed by atoms with Gasteiger partial charge in [-0.05, 0) is 85.7 Å². The number of hydrogen-bond donors (Lipinski definition) is 4. The summed E-state index contributed by atoms with van der Waals surface area (Å²) >= 11 is 0. The highest BCUT2D eigenvalue weighted by atomic mass is 16.2. The standard InChI is InChI=1S/C26H38N4O2/c1-23(2)13-19(14-24(3,4)29-23)27-21(31)17-10-9-11-18(12-17)22(32)28-20-15-25(5,6)30-26(7,8)16-20/h9-13,15,29-30H,14,16H2,1-8H3,(H,27,31)(H,28,32). The molecule has 0 aromatic heterocycles. The number of rotatable bonds is 4. The van der Waals surface area contributed by atoms with Gasteiger partial charge in [-0.1, -0.05) is 6.07 Å². The van der Waals surface area contributed by atoms with Crippen LogP contribution in [0.4, 0.5) is 0 Å². The van der Waals surface area contributed by atoms with E-state index >= 15 is 0 Å². The molecule has 2 aliphatic heterocycles. The van der Waals surface area contributed by atoms with Crippen molar-refractivity contribution in [2.75, 3.05) is 0 Å². The van der Waals surface area contributed by atoms with Gasteiger partial charge in [0, 0.05) is 57.5 Å². The summed E-state index contributed by atoms with van der Waals surface area (Å²) in [6, 6.07) is 6.87. The molecule has 0 saturated carbocycles. The zero-order valence-corrected chi connectivity index (χ0v) is 20.7. The van der Waals surface area contributed by atoms with Crippen LogP contribution in [0.25, 0.3) is 0 Å². The van der Waals surface area contributed by atoms with Crippen LogP contribution >= 0.6 is 0 Å². The lowest BCUT2D eigenvalue weighted by atomic mass is 9.86. The first-order valence-electron chi connectivity index (χ1n) is 11.3. The zero-order chi connectivity index (χ0) is 23.9. The maximum atomic E-state index is 12.9. The first-order chi connectivity index (χ1) is 14.5. The van der Waals surface area contributed by atoms with Crippen LogP contribution in [0.2, 0.25) is 0 Å². The molecule has 4 N–H and O–H groups in total. The van der Waals surface area contributed by atoms with Crippen LogP contribution in [-0.4, -0.2) is 34.0 Å². The van der Waals surface area contributed by atoms with Crippen LogP contribution in [0.15, 0.2) is 47.8 Å². The average Bonchev–Trinajstić information content (AvgIpc) is 2.56. The molecule has 0 aliphatic carbocycles. The van der Waals surface area contributed by atoms with E-state index in [4.69, 9.17) is 0 Å². The van der Waals surface area contributed by atoms with E-state index in [1.807, 2.05) is 0 Å². The van der Waals surface area contributed by atoms with E-state index in [0.29, 0.717) is 11.1 Å². The van der Waals surface area contributed by atoms with Crippen molar-refractivity contribution in [3.05, 3.63) is 58.9 Å². The average molecular weight is 439 g/mol. The molecule has 0 bridgehead atoms. The third-order valence-electron chi connectivity index (χ3n) is 5.59. The quantitative estimate of drug-likeness (QED) is 0.572. The topological polar surface area (TPSA) is 82.3 Å². The van der Waals surface area contributed by atoms with Crippen molar-refractivity contribution in [3.63, 3.8) is 0 Å². The summed E-state index contributed by atoms with van der Waals surface area (Å²) < 4.78 is 0. The summed E-state index contributed by atoms with van der Waals surface area (Å²) in [5.41, 5.74) is 2.05. The van der Waals surface area contributed by atoms with E-state index < -0.39 is 0 Å². The number of carbonyl (C=O) groups is 2. The van der Waals surface area contributed by atoms with Gasteiger partial charge in [0.15, 0.2) is 0 Å². The fraction of sp³-hybridized carbons (Fsp3) is 0.538. The van der Waals surface area contributed by atoms with Crippen LogP contribution in [0.3, 0.4) is 0 Å². The molecule has 0 radical (unpaired) electrons. The van der Waals surface area contributed by atoms with Crippen LogP contribution in [0.1, 0.15) is 88.9 Å². The van der Waals surface area contributed by atoms with Crippen molar-refractivity contribution < 1.29 is 9.59 Å². The first-order valence-corrected chi connectivity index (χ1v) is 11.3. The van der Waals surface area contributed by atoms with E-state index in [1.165, 1.54) is 0 Å². The molecule has 1 aromatic carbocycles. The zero-order valence-electron chi connectivity index (χ0n) is 20.7. The van der Waals surface area contributed by atoms with E-state index in [2.05, 4.69) is 88.8 Å². The maximum absolute atomic E-state index is 12.9. The van der Waals surface area contributed by atoms with Crippen molar-refractivity contribution in [3.8, 4) is 0 Å². The molecule has 2 aliphatic rings. The minimum Gasteiger partial charge on any atom is -0.326 e. The minimum absolute atomic E-state index is 0.118. The Labute approximate surface area is 192 Å². The number of amides is 2. The predicted octanol–water partition coefficient (Wildman–Crippen LogP) is 4.02. The second kappa shape index (κ2) is 8.16. The molecule has 2 amide bonds. The smallest absolute Gasteiger partial charge is 0.255 e. The Morgan fingerprint density at radius 1 is 0.719 bits per heavy atom. The fourth-order valence-electron chi connectivity index (χ4n) is 5.23. The van der Waals surface area contributed by atoms with Gasteiger partial charge in [-0.15, -0.1) is 0 Å². The van der Waals surface area contributed by atoms with Gasteiger partial charge in [0.05, 0.1) is 0 Å². The first kappa shape index (κ1) is 24.2. The normalized spacial score (nSPS) is 22.9. The van der Waals surface area contributed by atoms with Crippen molar-refractivity contribution >= 4 is 11.8 Å². The molecule has 6 nitrogen and oxygen atoms in total. The lowest BCUT2D eigenvalue weighted by molar-refractivity contribution is 0.0959. The minimum atomic E-state index is -0.212. The molecule has 174 valence electrons. The summed E-state index contributed by atoms with van der Waals surface area (Å²) in [6.45, 7) is 16.8. The Morgan fingerprint density at radius 3 is 1.44 bits per heavy atom. The highest BCUT2D eigenvalue weighted by Crippen LogP contribution is 2.27. The largest absolute Gasteiger partial charge is 0.326 e. The lowest BCUT2D eigenvalue weighted by Gasteiger charge is -2.41. The third kappa shape index (κ3) is 6.30. The number of hydrogen-bond acceptors (Lipinski definition) is 4. The molecule has 0 unspecified atom stereocenters. The summed E-state index contributed by atoms with van der Waals surface area (Å²) in [5, 5.41) is 13.2. The second-order valence-corrected chi connectivity index (χ2v) is 11.6. The van der Waals surface area contributed by atoms with Crippen molar-refractivity contribution in [1.82, 2.24) is 21.3 Å². The SMILES string of the molecule is CC1(C)C=C(NC(=O)c2cccc(C(=O)NC3=CC(C)(C)NC(C)(C)C3)c2)CC(C)(C)N1. The Balaban J connectivity index is 1.74. The molecule has 2 heterocycles.